The van der Waals surface area contributed by atoms with E-state index in [0.29, 0.717) is 0 Å². The Balaban J connectivity index is 1.20. The highest BCUT2D eigenvalue weighted by molar-refractivity contribution is 6.00. The predicted molar refractivity (Wildman–Crippen MR) is 126 cm³/mol. The number of hydrogen-bond acceptors (Lipinski definition) is 12. The first-order valence-electron chi connectivity index (χ1n) is 11.6. The Kier molecular flexibility index (Phi) is 8.45. The van der Waals surface area contributed by atoms with Crippen LogP contribution in [0.5, 0.6) is 0 Å². The average Bonchev–Trinajstić information content (AvgIpc) is 2.91. The third-order valence-corrected chi connectivity index (χ3v) is 5.85. The van der Waals surface area contributed by atoms with Gasteiger partial charge in [0.05, 0.1) is 37.3 Å². The molecule has 0 bridgehead atoms. The van der Waals surface area contributed by atoms with Gasteiger partial charge in [0.1, 0.15) is 0 Å². The molecule has 4 rings (SSSR count). The summed E-state index contributed by atoms with van der Waals surface area (Å²) in [5.41, 5.74) is 0.490. The number of piperazine rings is 2. The second-order valence-electron chi connectivity index (χ2n) is 8.45. The van der Waals surface area contributed by atoms with Crippen LogP contribution in [0.2, 0.25) is 0 Å². The number of imide groups is 2. The van der Waals surface area contributed by atoms with Gasteiger partial charge in [-0.3, -0.25) is 38.9 Å². The monoisotopic (exact) mass is 524 g/mol. The fourth-order valence-corrected chi connectivity index (χ4v) is 3.77. The summed E-state index contributed by atoms with van der Waals surface area (Å²) in [4.78, 5) is 86.6. The zero-order valence-electron chi connectivity index (χ0n) is 20.2. The summed E-state index contributed by atoms with van der Waals surface area (Å²) in [6, 6.07) is 5.81. The van der Waals surface area contributed by atoms with Gasteiger partial charge in [-0.05, 0) is 24.3 Å². The van der Waals surface area contributed by atoms with Crippen molar-refractivity contribution in [2.45, 2.75) is 0 Å². The minimum Gasteiger partial charge on any atom is -0.440 e. The molecule has 2 aliphatic heterocycles. The van der Waals surface area contributed by atoms with Crippen LogP contribution in [-0.2, 0) is 28.7 Å². The van der Waals surface area contributed by atoms with Gasteiger partial charge in [-0.1, -0.05) is 0 Å². The van der Waals surface area contributed by atoms with Crippen molar-refractivity contribution in [3.05, 3.63) is 60.2 Å². The van der Waals surface area contributed by atoms with Gasteiger partial charge < -0.3 is 9.47 Å². The molecule has 0 aromatic carbocycles. The predicted octanol–water partition coefficient (Wildman–Crippen LogP) is -1.25. The fraction of sp³-hybridized carbons (Fsp3) is 0.333. The van der Waals surface area contributed by atoms with Crippen LogP contribution in [0.3, 0.4) is 0 Å². The van der Waals surface area contributed by atoms with Crippen molar-refractivity contribution in [3.8, 4) is 0 Å². The highest BCUT2D eigenvalue weighted by atomic mass is 16.6. The second kappa shape index (κ2) is 12.1. The molecule has 0 unspecified atom stereocenters. The molecule has 2 saturated heterocycles. The van der Waals surface area contributed by atoms with Crippen LogP contribution in [0, 0.1) is 0 Å². The van der Waals surface area contributed by atoms with Crippen molar-refractivity contribution in [1.82, 2.24) is 29.6 Å². The number of esters is 2. The molecule has 0 radical (unpaired) electrons. The first-order valence-corrected chi connectivity index (χ1v) is 11.6. The van der Waals surface area contributed by atoms with E-state index < -0.39 is 49.0 Å². The molecule has 0 saturated carbocycles. The molecule has 2 aromatic rings. The van der Waals surface area contributed by atoms with Crippen molar-refractivity contribution >= 4 is 35.6 Å². The third kappa shape index (κ3) is 6.60. The molecule has 0 aliphatic carbocycles. The van der Waals surface area contributed by atoms with E-state index in [1.54, 1.807) is 9.80 Å². The number of ether oxygens (including phenoxy) is 2. The lowest BCUT2D eigenvalue weighted by Crippen LogP contribution is -2.58. The lowest BCUT2D eigenvalue weighted by atomic mass is 10.2. The first-order chi connectivity index (χ1) is 18.3. The van der Waals surface area contributed by atoms with Gasteiger partial charge in [-0.2, -0.15) is 0 Å². The third-order valence-electron chi connectivity index (χ3n) is 5.85. The standard InChI is InChI=1S/C24H24N6O8/c31-19-11-27(12-20(32)29(19)15-37-23(35)17-1-5-25-6-2-17)9-10-28-13-21(33)30(22(34)14-28)16-38-24(36)18-3-7-26-8-4-18/h1-8H,9-16H2. The van der Waals surface area contributed by atoms with Crippen LogP contribution in [0.1, 0.15) is 20.7 Å². The van der Waals surface area contributed by atoms with Crippen molar-refractivity contribution in [1.29, 1.82) is 0 Å². The van der Waals surface area contributed by atoms with Gasteiger partial charge in [0.25, 0.3) is 0 Å². The maximum atomic E-state index is 12.5. The maximum Gasteiger partial charge on any atom is 0.339 e. The highest BCUT2D eigenvalue weighted by Gasteiger charge is 2.34. The number of amides is 4. The quantitative estimate of drug-likeness (QED) is 0.284. The van der Waals surface area contributed by atoms with Gasteiger partial charge in [0.15, 0.2) is 13.5 Å². The number of aromatic nitrogens is 2. The molecule has 14 nitrogen and oxygen atoms in total. The number of pyridine rings is 2. The summed E-state index contributed by atoms with van der Waals surface area (Å²) in [5, 5.41) is 0. The maximum absolute atomic E-state index is 12.5. The smallest absolute Gasteiger partial charge is 0.339 e. The molecular weight excluding hydrogens is 500 g/mol. The SMILES string of the molecule is O=C(OCN1C(=O)CN(CCN2CC(=O)N(COC(=O)c3ccncc3)C(=O)C2)CC1=O)c1ccncc1. The molecule has 4 heterocycles. The van der Waals surface area contributed by atoms with E-state index in [0.717, 1.165) is 9.80 Å². The first kappa shape index (κ1) is 26.5. The van der Waals surface area contributed by atoms with E-state index in [1.807, 2.05) is 0 Å². The summed E-state index contributed by atoms with van der Waals surface area (Å²) in [7, 11) is 0. The van der Waals surface area contributed by atoms with Crippen molar-refractivity contribution < 1.29 is 38.2 Å². The van der Waals surface area contributed by atoms with Gasteiger partial charge in [0, 0.05) is 37.9 Å². The molecule has 198 valence electrons. The van der Waals surface area contributed by atoms with E-state index in [2.05, 4.69) is 9.97 Å². The normalized spacial score (nSPS) is 17.1. The van der Waals surface area contributed by atoms with Crippen molar-refractivity contribution in [3.63, 3.8) is 0 Å². The summed E-state index contributed by atoms with van der Waals surface area (Å²) >= 11 is 0. The Morgan fingerprint density at radius 3 is 1.24 bits per heavy atom. The number of carbonyl (C=O) groups excluding carboxylic acids is 6. The van der Waals surface area contributed by atoms with Crippen molar-refractivity contribution in [2.75, 3.05) is 52.7 Å². The lowest BCUT2D eigenvalue weighted by Gasteiger charge is -2.35. The number of hydrogen-bond donors (Lipinski definition) is 0. The van der Waals surface area contributed by atoms with E-state index >= 15 is 0 Å². The average molecular weight is 524 g/mol. The van der Waals surface area contributed by atoms with E-state index in [1.165, 1.54) is 49.1 Å². The molecule has 0 spiro atoms. The molecule has 0 atom stereocenters. The van der Waals surface area contributed by atoms with Crippen LogP contribution < -0.4 is 0 Å². The van der Waals surface area contributed by atoms with Gasteiger partial charge in [-0.15, -0.1) is 0 Å². The summed E-state index contributed by atoms with van der Waals surface area (Å²) < 4.78 is 10.1. The van der Waals surface area contributed by atoms with Crippen LogP contribution in [0.15, 0.2) is 49.1 Å². The summed E-state index contributed by atoms with van der Waals surface area (Å²) in [6.07, 6.45) is 5.69. The minimum absolute atomic E-state index is 0.0919. The summed E-state index contributed by atoms with van der Waals surface area (Å²) in [6.45, 7) is -0.862. The van der Waals surface area contributed by atoms with Crippen LogP contribution >= 0.6 is 0 Å². The Morgan fingerprint density at radius 2 is 0.921 bits per heavy atom. The largest absolute Gasteiger partial charge is 0.440 e. The molecule has 4 amide bonds. The van der Waals surface area contributed by atoms with Gasteiger partial charge in [0.2, 0.25) is 23.6 Å². The molecule has 2 aliphatic rings. The Labute approximate surface area is 216 Å². The van der Waals surface area contributed by atoms with Gasteiger partial charge >= 0.3 is 11.9 Å². The Morgan fingerprint density at radius 1 is 0.605 bits per heavy atom. The topological polar surface area (TPSA) is 160 Å². The van der Waals surface area contributed by atoms with Crippen LogP contribution in [0.4, 0.5) is 0 Å². The Hall–Kier alpha value is -4.56. The molecular formula is C24H24N6O8. The number of carbonyl (C=O) groups is 6. The summed E-state index contributed by atoms with van der Waals surface area (Å²) in [5.74, 6) is -3.49. The molecule has 38 heavy (non-hydrogen) atoms. The molecule has 14 heteroatoms. The van der Waals surface area contributed by atoms with E-state index in [-0.39, 0.29) is 50.4 Å². The molecule has 2 aromatic heterocycles. The van der Waals surface area contributed by atoms with Gasteiger partial charge in [-0.25, -0.2) is 19.4 Å². The van der Waals surface area contributed by atoms with Crippen LogP contribution in [-0.4, -0.2) is 118 Å². The van der Waals surface area contributed by atoms with Crippen LogP contribution in [0.25, 0.3) is 0 Å². The molecule has 0 N–H and O–H groups in total. The highest BCUT2D eigenvalue weighted by Crippen LogP contribution is 2.10. The lowest BCUT2D eigenvalue weighted by molar-refractivity contribution is -0.159. The minimum atomic E-state index is -0.684. The Bertz CT molecular complexity index is 1090. The fourth-order valence-electron chi connectivity index (χ4n) is 3.77. The second-order valence-corrected chi connectivity index (χ2v) is 8.45. The van der Waals surface area contributed by atoms with E-state index in [9.17, 15) is 28.8 Å². The zero-order chi connectivity index (χ0) is 27.1. The van der Waals surface area contributed by atoms with E-state index in [4.69, 9.17) is 9.47 Å². The number of nitrogens with zero attached hydrogens (tertiary/aromatic N) is 6. The zero-order valence-corrected chi connectivity index (χ0v) is 20.2. The molecule has 2 fully saturated rings. The number of rotatable bonds is 9. The van der Waals surface area contributed by atoms with Crippen molar-refractivity contribution in [2.24, 2.45) is 0 Å².